The van der Waals surface area contributed by atoms with Gasteiger partial charge in [-0.15, -0.1) is 0 Å². The van der Waals surface area contributed by atoms with Crippen molar-refractivity contribution in [3.63, 3.8) is 0 Å². The molecule has 0 amide bonds. The SMILES string of the molecule is COCc1ccccc1NC(N)=NCc1nccn1Cc1ccccc1. The summed E-state index contributed by atoms with van der Waals surface area (Å²) >= 11 is 0. The number of aliphatic imine (C=N–C) groups is 1. The number of nitrogens with two attached hydrogens (primary N) is 1. The Morgan fingerprint density at radius 2 is 1.92 bits per heavy atom. The van der Waals surface area contributed by atoms with Crippen molar-refractivity contribution >= 4 is 11.6 Å². The largest absolute Gasteiger partial charge is 0.380 e. The maximum atomic E-state index is 6.05. The van der Waals surface area contributed by atoms with E-state index in [0.29, 0.717) is 19.1 Å². The first kappa shape index (κ1) is 17.7. The third-order valence-electron chi connectivity index (χ3n) is 3.97. The maximum Gasteiger partial charge on any atom is 0.193 e. The topological polar surface area (TPSA) is 77.5 Å². The summed E-state index contributed by atoms with van der Waals surface area (Å²) in [5, 5.41) is 3.14. The monoisotopic (exact) mass is 349 g/mol. The molecule has 3 rings (SSSR count). The summed E-state index contributed by atoms with van der Waals surface area (Å²) in [6, 6.07) is 18.1. The van der Waals surface area contributed by atoms with E-state index in [1.54, 1.807) is 13.3 Å². The molecule has 0 aliphatic heterocycles. The minimum atomic E-state index is 0.350. The van der Waals surface area contributed by atoms with Crippen molar-refractivity contribution in [3.8, 4) is 0 Å². The standard InChI is InChI=1S/C20H23N5O/c1-26-15-17-9-5-6-10-18(17)24-20(21)23-13-19-22-11-12-25(19)14-16-7-3-2-4-8-16/h2-12H,13-15H2,1H3,(H3,21,23,24). The molecule has 134 valence electrons. The predicted molar refractivity (Wildman–Crippen MR) is 104 cm³/mol. The third kappa shape index (κ3) is 4.70. The average molecular weight is 349 g/mol. The van der Waals surface area contributed by atoms with Gasteiger partial charge in [-0.2, -0.15) is 0 Å². The zero-order valence-electron chi connectivity index (χ0n) is 14.8. The Hall–Kier alpha value is -3.12. The molecular weight excluding hydrogens is 326 g/mol. The van der Waals surface area contributed by atoms with Crippen LogP contribution in [0.1, 0.15) is 17.0 Å². The first-order valence-corrected chi connectivity index (χ1v) is 8.44. The number of nitrogens with zero attached hydrogens (tertiary/aromatic N) is 3. The fourth-order valence-corrected chi connectivity index (χ4v) is 2.67. The van der Waals surface area contributed by atoms with Gasteiger partial charge in [-0.1, -0.05) is 48.5 Å². The molecule has 0 fully saturated rings. The Morgan fingerprint density at radius 3 is 2.73 bits per heavy atom. The number of methoxy groups -OCH3 is 1. The predicted octanol–water partition coefficient (Wildman–Crippen LogP) is 3.00. The number of guanidine groups is 1. The Balaban J connectivity index is 1.66. The summed E-state index contributed by atoms with van der Waals surface area (Å²) in [6.07, 6.45) is 3.74. The van der Waals surface area contributed by atoms with Crippen LogP contribution in [0.25, 0.3) is 0 Å². The molecule has 0 aliphatic carbocycles. The lowest BCUT2D eigenvalue weighted by Crippen LogP contribution is -2.23. The molecule has 1 heterocycles. The highest BCUT2D eigenvalue weighted by atomic mass is 16.5. The van der Waals surface area contributed by atoms with Crippen molar-refractivity contribution < 1.29 is 4.74 Å². The van der Waals surface area contributed by atoms with Crippen LogP contribution in [-0.4, -0.2) is 22.6 Å². The maximum absolute atomic E-state index is 6.05. The second-order valence-electron chi connectivity index (χ2n) is 5.87. The zero-order valence-corrected chi connectivity index (χ0v) is 14.8. The number of para-hydroxylation sites is 1. The van der Waals surface area contributed by atoms with E-state index in [0.717, 1.165) is 23.6 Å². The lowest BCUT2D eigenvalue weighted by Gasteiger charge is -2.11. The lowest BCUT2D eigenvalue weighted by atomic mass is 10.2. The molecule has 0 aliphatic rings. The Morgan fingerprint density at radius 1 is 1.15 bits per heavy atom. The van der Waals surface area contributed by atoms with Gasteiger partial charge in [-0.25, -0.2) is 9.98 Å². The molecule has 0 atom stereocenters. The van der Waals surface area contributed by atoms with Crippen LogP contribution in [0.3, 0.4) is 0 Å². The van der Waals surface area contributed by atoms with Crippen molar-refractivity contribution in [1.82, 2.24) is 9.55 Å². The van der Waals surface area contributed by atoms with Gasteiger partial charge in [0.2, 0.25) is 0 Å². The molecule has 3 aromatic rings. The molecule has 6 nitrogen and oxygen atoms in total. The van der Waals surface area contributed by atoms with E-state index >= 15 is 0 Å². The molecule has 0 spiro atoms. The van der Waals surface area contributed by atoms with Gasteiger partial charge < -0.3 is 20.4 Å². The van der Waals surface area contributed by atoms with Gasteiger partial charge in [-0.3, -0.25) is 0 Å². The fraction of sp³-hybridized carbons (Fsp3) is 0.200. The van der Waals surface area contributed by atoms with Crippen molar-refractivity contribution in [2.75, 3.05) is 12.4 Å². The number of rotatable bonds is 7. The van der Waals surface area contributed by atoms with Crippen LogP contribution in [0.15, 0.2) is 72.0 Å². The van der Waals surface area contributed by atoms with E-state index in [1.807, 2.05) is 48.7 Å². The molecule has 0 bridgehead atoms. The summed E-state index contributed by atoms with van der Waals surface area (Å²) < 4.78 is 7.28. The second-order valence-corrected chi connectivity index (χ2v) is 5.87. The zero-order chi connectivity index (χ0) is 18.2. The van der Waals surface area contributed by atoms with E-state index in [4.69, 9.17) is 10.5 Å². The van der Waals surface area contributed by atoms with E-state index in [-0.39, 0.29) is 0 Å². The summed E-state index contributed by atoms with van der Waals surface area (Å²) in [4.78, 5) is 8.82. The van der Waals surface area contributed by atoms with E-state index in [1.165, 1.54) is 5.56 Å². The molecule has 1 aromatic heterocycles. The van der Waals surface area contributed by atoms with Gasteiger partial charge in [0.25, 0.3) is 0 Å². The number of nitrogens with one attached hydrogen (secondary N) is 1. The van der Waals surface area contributed by atoms with Crippen molar-refractivity contribution in [1.29, 1.82) is 0 Å². The minimum Gasteiger partial charge on any atom is -0.380 e. The number of aromatic nitrogens is 2. The minimum absolute atomic E-state index is 0.350. The molecule has 6 heteroatoms. The Labute approximate surface area is 153 Å². The van der Waals surface area contributed by atoms with Gasteiger partial charge in [0.1, 0.15) is 12.4 Å². The molecule has 0 radical (unpaired) electrons. The van der Waals surface area contributed by atoms with Gasteiger partial charge >= 0.3 is 0 Å². The van der Waals surface area contributed by atoms with E-state index in [9.17, 15) is 0 Å². The van der Waals surface area contributed by atoms with Gasteiger partial charge in [-0.05, 0) is 11.6 Å². The van der Waals surface area contributed by atoms with Crippen LogP contribution >= 0.6 is 0 Å². The Kier molecular flexibility index (Phi) is 6.01. The van der Waals surface area contributed by atoms with Crippen LogP contribution in [0, 0.1) is 0 Å². The average Bonchev–Trinajstić information content (AvgIpc) is 3.10. The van der Waals surface area contributed by atoms with E-state index in [2.05, 4.69) is 32.0 Å². The number of hydrogen-bond acceptors (Lipinski definition) is 3. The van der Waals surface area contributed by atoms with Gasteiger partial charge in [0.05, 0.1) is 6.61 Å². The highest BCUT2D eigenvalue weighted by molar-refractivity contribution is 5.92. The van der Waals surface area contributed by atoms with Crippen LogP contribution < -0.4 is 11.1 Å². The summed E-state index contributed by atoms with van der Waals surface area (Å²) in [7, 11) is 1.67. The Bertz CT molecular complexity index is 857. The molecule has 0 unspecified atom stereocenters. The van der Waals surface area contributed by atoms with Crippen LogP contribution in [0.4, 0.5) is 5.69 Å². The molecule has 0 saturated carbocycles. The number of hydrogen-bond donors (Lipinski definition) is 2. The van der Waals surface area contributed by atoms with Gasteiger partial charge in [0.15, 0.2) is 5.96 Å². The quantitative estimate of drug-likeness (QED) is 0.508. The van der Waals surface area contributed by atoms with Crippen molar-refractivity contribution in [2.24, 2.45) is 10.7 Å². The smallest absolute Gasteiger partial charge is 0.193 e. The molecule has 3 N–H and O–H groups in total. The lowest BCUT2D eigenvalue weighted by molar-refractivity contribution is 0.185. The molecule has 0 saturated heterocycles. The highest BCUT2D eigenvalue weighted by Crippen LogP contribution is 2.15. The summed E-state index contributed by atoms with van der Waals surface area (Å²) in [5.41, 5.74) is 9.19. The molecular formula is C20H23N5O. The first-order chi connectivity index (χ1) is 12.8. The summed E-state index contributed by atoms with van der Waals surface area (Å²) in [6.45, 7) is 1.68. The normalized spacial score (nSPS) is 11.5. The van der Waals surface area contributed by atoms with Crippen molar-refractivity contribution in [3.05, 3.63) is 83.9 Å². The number of imidazole rings is 1. The van der Waals surface area contributed by atoms with E-state index < -0.39 is 0 Å². The van der Waals surface area contributed by atoms with Gasteiger partial charge in [0, 0.05) is 37.3 Å². The second kappa shape index (κ2) is 8.82. The summed E-state index contributed by atoms with van der Waals surface area (Å²) in [5.74, 6) is 1.21. The third-order valence-corrected chi connectivity index (χ3v) is 3.97. The van der Waals surface area contributed by atoms with Crippen LogP contribution in [0.2, 0.25) is 0 Å². The first-order valence-electron chi connectivity index (χ1n) is 8.44. The highest BCUT2D eigenvalue weighted by Gasteiger charge is 2.05. The number of anilines is 1. The van der Waals surface area contributed by atoms with Crippen molar-refractivity contribution in [2.45, 2.75) is 19.7 Å². The molecule has 26 heavy (non-hydrogen) atoms. The molecule has 2 aromatic carbocycles. The number of ether oxygens (including phenoxy) is 1. The fourth-order valence-electron chi connectivity index (χ4n) is 2.67. The number of benzene rings is 2. The van der Waals surface area contributed by atoms with Crippen LogP contribution in [-0.2, 0) is 24.4 Å². The van der Waals surface area contributed by atoms with Crippen LogP contribution in [0.5, 0.6) is 0 Å².